The van der Waals surface area contributed by atoms with Crippen molar-refractivity contribution < 1.29 is 23.6 Å². The predicted molar refractivity (Wildman–Crippen MR) is 103 cm³/mol. The Morgan fingerprint density at radius 2 is 1.70 bits per heavy atom. The number of hydrogen-bond acceptors (Lipinski definition) is 6. The van der Waals surface area contributed by atoms with Crippen LogP contribution in [-0.2, 0) is 14.0 Å². The van der Waals surface area contributed by atoms with Gasteiger partial charge in [0.1, 0.15) is 11.4 Å². The highest BCUT2D eigenvalue weighted by atomic mass is 16.7. The van der Waals surface area contributed by atoms with E-state index in [0.717, 1.165) is 12.8 Å². The summed E-state index contributed by atoms with van der Waals surface area (Å²) >= 11 is 0. The zero-order chi connectivity index (χ0) is 20.4. The molecule has 2 heterocycles. The SMILES string of the molecule is CCC(CC)NC(=O)c1ccc(B2OC(C)(C)C(C)(C)O2)c(C(=O)OC)n1. The molecule has 1 aromatic heterocycles. The highest BCUT2D eigenvalue weighted by molar-refractivity contribution is 6.63. The number of carbonyl (C=O) groups excluding carboxylic acids is 2. The number of amides is 1. The van der Waals surface area contributed by atoms with Crippen LogP contribution in [0, 0.1) is 0 Å². The molecule has 27 heavy (non-hydrogen) atoms. The molecule has 7 nitrogen and oxygen atoms in total. The van der Waals surface area contributed by atoms with E-state index in [2.05, 4.69) is 10.3 Å². The molecule has 8 heteroatoms. The molecule has 0 bridgehead atoms. The van der Waals surface area contributed by atoms with Crippen molar-refractivity contribution in [3.63, 3.8) is 0 Å². The molecular formula is C19H29BN2O5. The Labute approximate surface area is 161 Å². The minimum Gasteiger partial charge on any atom is -0.464 e. The Morgan fingerprint density at radius 3 is 2.19 bits per heavy atom. The minimum absolute atomic E-state index is 0.0215. The first kappa shape index (κ1) is 21.4. The van der Waals surface area contributed by atoms with Crippen LogP contribution in [0.4, 0.5) is 0 Å². The first-order valence-electron chi connectivity index (χ1n) is 9.32. The molecule has 1 aliphatic rings. The number of esters is 1. The summed E-state index contributed by atoms with van der Waals surface area (Å²) in [7, 11) is 0.502. The van der Waals surface area contributed by atoms with Gasteiger partial charge in [0.2, 0.25) is 0 Å². The average molecular weight is 376 g/mol. The Bertz CT molecular complexity index is 700. The predicted octanol–water partition coefficient (Wildman–Crippen LogP) is 2.09. The maximum absolute atomic E-state index is 12.5. The third-order valence-corrected chi connectivity index (χ3v) is 5.37. The van der Waals surface area contributed by atoms with Crippen LogP contribution >= 0.6 is 0 Å². The topological polar surface area (TPSA) is 86.8 Å². The molecule has 0 radical (unpaired) electrons. The molecular weight excluding hydrogens is 347 g/mol. The zero-order valence-electron chi connectivity index (χ0n) is 17.2. The third kappa shape index (κ3) is 4.33. The van der Waals surface area contributed by atoms with Gasteiger partial charge >= 0.3 is 13.1 Å². The van der Waals surface area contributed by atoms with Gasteiger partial charge in [-0.1, -0.05) is 19.9 Å². The number of carbonyl (C=O) groups is 2. The molecule has 148 valence electrons. The Balaban J connectivity index is 2.37. The summed E-state index contributed by atoms with van der Waals surface area (Å²) in [5.41, 5.74) is -0.497. The molecule has 1 amide bonds. The lowest BCUT2D eigenvalue weighted by Gasteiger charge is -2.32. The molecule has 1 saturated heterocycles. The highest BCUT2D eigenvalue weighted by Crippen LogP contribution is 2.36. The quantitative estimate of drug-likeness (QED) is 0.604. The van der Waals surface area contributed by atoms with Crippen molar-refractivity contribution in [3.8, 4) is 0 Å². The van der Waals surface area contributed by atoms with Gasteiger partial charge in [-0.25, -0.2) is 9.78 Å². The Morgan fingerprint density at radius 1 is 1.15 bits per heavy atom. The number of nitrogens with one attached hydrogen (secondary N) is 1. The molecule has 1 fully saturated rings. The van der Waals surface area contributed by atoms with Gasteiger partial charge in [-0.05, 0) is 46.6 Å². The normalized spacial score (nSPS) is 17.9. The monoisotopic (exact) mass is 376 g/mol. The van der Waals surface area contributed by atoms with Crippen LogP contribution in [0.25, 0.3) is 0 Å². The van der Waals surface area contributed by atoms with Crippen LogP contribution in [0.5, 0.6) is 0 Å². The Kier molecular flexibility index (Phi) is 6.32. The first-order valence-corrected chi connectivity index (χ1v) is 9.32. The fourth-order valence-corrected chi connectivity index (χ4v) is 2.77. The van der Waals surface area contributed by atoms with Gasteiger partial charge in [-0.3, -0.25) is 4.79 Å². The molecule has 2 rings (SSSR count). The lowest BCUT2D eigenvalue weighted by Crippen LogP contribution is -2.41. The van der Waals surface area contributed by atoms with Gasteiger partial charge in [-0.2, -0.15) is 0 Å². The van der Waals surface area contributed by atoms with Crippen molar-refractivity contribution in [1.29, 1.82) is 0 Å². The largest absolute Gasteiger partial charge is 0.497 e. The number of methoxy groups -OCH3 is 1. The molecule has 1 N–H and O–H groups in total. The highest BCUT2D eigenvalue weighted by Gasteiger charge is 2.52. The van der Waals surface area contributed by atoms with Crippen LogP contribution in [-0.4, -0.2) is 48.3 Å². The number of rotatable bonds is 6. The molecule has 1 aromatic rings. The molecule has 0 aliphatic carbocycles. The summed E-state index contributed by atoms with van der Waals surface area (Å²) in [5, 5.41) is 2.92. The van der Waals surface area contributed by atoms with Crippen molar-refractivity contribution >= 4 is 24.5 Å². The standard InChI is InChI=1S/C19H29BN2O5/c1-8-12(9-2)21-16(23)14-11-10-13(15(22-14)17(24)25-7)20-26-18(3,4)19(5,6)27-20/h10-12H,8-9H2,1-7H3,(H,21,23). The average Bonchev–Trinajstić information content (AvgIpc) is 2.85. The molecule has 0 spiro atoms. The van der Waals surface area contributed by atoms with E-state index in [1.165, 1.54) is 7.11 Å². The molecule has 0 aromatic carbocycles. The number of pyridine rings is 1. The van der Waals surface area contributed by atoms with Gasteiger partial charge in [0.05, 0.1) is 18.3 Å². The van der Waals surface area contributed by atoms with E-state index in [4.69, 9.17) is 14.0 Å². The second-order valence-corrected chi connectivity index (χ2v) is 7.70. The van der Waals surface area contributed by atoms with Gasteiger partial charge in [0.25, 0.3) is 5.91 Å². The second-order valence-electron chi connectivity index (χ2n) is 7.70. The van der Waals surface area contributed by atoms with Crippen molar-refractivity contribution in [2.24, 2.45) is 0 Å². The van der Waals surface area contributed by atoms with E-state index in [9.17, 15) is 9.59 Å². The van der Waals surface area contributed by atoms with Crippen molar-refractivity contribution in [2.45, 2.75) is 71.6 Å². The molecule has 1 aliphatic heterocycles. The van der Waals surface area contributed by atoms with Crippen LogP contribution < -0.4 is 10.8 Å². The van der Waals surface area contributed by atoms with Gasteiger partial charge in [0.15, 0.2) is 0 Å². The van der Waals surface area contributed by atoms with E-state index in [0.29, 0.717) is 5.46 Å². The summed E-state index contributed by atoms with van der Waals surface area (Å²) in [6, 6.07) is 3.27. The summed E-state index contributed by atoms with van der Waals surface area (Å²) in [6.07, 6.45) is 1.64. The van der Waals surface area contributed by atoms with Crippen molar-refractivity contribution in [2.75, 3.05) is 7.11 Å². The van der Waals surface area contributed by atoms with Crippen molar-refractivity contribution in [1.82, 2.24) is 10.3 Å². The van der Waals surface area contributed by atoms with E-state index >= 15 is 0 Å². The second kappa shape index (κ2) is 7.98. The molecule has 0 saturated carbocycles. The molecule has 0 unspecified atom stereocenters. The fourth-order valence-electron chi connectivity index (χ4n) is 2.77. The lowest BCUT2D eigenvalue weighted by molar-refractivity contribution is 0.00578. The van der Waals surface area contributed by atoms with E-state index in [1.807, 2.05) is 41.5 Å². The molecule has 0 atom stereocenters. The van der Waals surface area contributed by atoms with Crippen molar-refractivity contribution in [3.05, 3.63) is 23.5 Å². The van der Waals surface area contributed by atoms with E-state index < -0.39 is 24.3 Å². The number of aromatic nitrogens is 1. The fraction of sp³-hybridized carbons (Fsp3) is 0.632. The smallest absolute Gasteiger partial charge is 0.464 e. The van der Waals surface area contributed by atoms with Gasteiger partial charge < -0.3 is 19.4 Å². The maximum Gasteiger partial charge on any atom is 0.497 e. The minimum atomic E-state index is -0.771. The van der Waals surface area contributed by atoms with Gasteiger partial charge in [-0.15, -0.1) is 0 Å². The number of nitrogens with zero attached hydrogens (tertiary/aromatic N) is 1. The summed E-state index contributed by atoms with van der Waals surface area (Å²) in [4.78, 5) is 29.0. The van der Waals surface area contributed by atoms with Gasteiger partial charge in [0, 0.05) is 11.5 Å². The van der Waals surface area contributed by atoms with Crippen LogP contribution in [0.2, 0.25) is 0 Å². The van der Waals surface area contributed by atoms with Crippen LogP contribution in [0.3, 0.4) is 0 Å². The Hall–Kier alpha value is -1.93. The third-order valence-electron chi connectivity index (χ3n) is 5.37. The zero-order valence-corrected chi connectivity index (χ0v) is 17.2. The maximum atomic E-state index is 12.5. The van der Waals surface area contributed by atoms with Crippen LogP contribution in [0.15, 0.2) is 12.1 Å². The number of hydrogen-bond donors (Lipinski definition) is 1. The lowest BCUT2D eigenvalue weighted by atomic mass is 9.77. The summed E-state index contributed by atoms with van der Waals surface area (Å²) in [5.74, 6) is -0.966. The van der Waals surface area contributed by atoms with Crippen LogP contribution in [0.1, 0.15) is 75.4 Å². The van der Waals surface area contributed by atoms with E-state index in [-0.39, 0.29) is 23.3 Å². The van der Waals surface area contributed by atoms with E-state index in [1.54, 1.807) is 12.1 Å². The summed E-state index contributed by atoms with van der Waals surface area (Å²) in [6.45, 7) is 11.7. The summed E-state index contributed by atoms with van der Waals surface area (Å²) < 4.78 is 16.9. The first-order chi connectivity index (χ1) is 12.6. The number of ether oxygens (including phenoxy) is 1.